The maximum atomic E-state index is 6.37. The van der Waals surface area contributed by atoms with Gasteiger partial charge < -0.3 is 5.73 Å². The topological polar surface area (TPSA) is 56.7 Å². The van der Waals surface area contributed by atoms with Crippen molar-refractivity contribution >= 4 is 0 Å². The summed E-state index contributed by atoms with van der Waals surface area (Å²) in [7, 11) is 1.91. The molecular formula is C14H18N4. The van der Waals surface area contributed by atoms with Crippen molar-refractivity contribution in [2.45, 2.75) is 31.2 Å². The number of aromatic nitrogens is 3. The fourth-order valence-corrected chi connectivity index (χ4v) is 2.89. The summed E-state index contributed by atoms with van der Waals surface area (Å²) < 4.78 is 1.81. The van der Waals surface area contributed by atoms with Crippen molar-refractivity contribution in [1.29, 1.82) is 0 Å². The van der Waals surface area contributed by atoms with Crippen molar-refractivity contribution < 1.29 is 0 Å². The Bertz CT molecular complexity index is 546. The molecule has 4 heteroatoms. The van der Waals surface area contributed by atoms with Gasteiger partial charge in [0, 0.05) is 25.4 Å². The molecule has 3 rings (SSSR count). The molecule has 2 aromatic rings. The van der Waals surface area contributed by atoms with Crippen LogP contribution < -0.4 is 5.73 Å². The van der Waals surface area contributed by atoms with Gasteiger partial charge in [-0.3, -0.25) is 4.68 Å². The van der Waals surface area contributed by atoms with Gasteiger partial charge in [0.2, 0.25) is 0 Å². The van der Waals surface area contributed by atoms with E-state index in [0.29, 0.717) is 5.92 Å². The summed E-state index contributed by atoms with van der Waals surface area (Å²) in [6, 6.07) is 8.76. The van der Waals surface area contributed by atoms with E-state index in [-0.39, 0.29) is 6.04 Å². The molecule has 18 heavy (non-hydrogen) atoms. The average molecular weight is 242 g/mol. The first-order chi connectivity index (χ1) is 8.75. The van der Waals surface area contributed by atoms with E-state index in [9.17, 15) is 0 Å². The monoisotopic (exact) mass is 242 g/mol. The highest BCUT2D eigenvalue weighted by Gasteiger charge is 2.28. The smallest absolute Gasteiger partial charge is 0.138 e. The standard InChI is InChI=1S/C14H18N4/c1-18-14(16-9-17-18)8-13(15)12-7-6-10-4-2-3-5-11(10)12/h2-5,9,12-13H,6-8,15H2,1H3. The van der Waals surface area contributed by atoms with Crippen LogP contribution in [-0.4, -0.2) is 20.8 Å². The lowest BCUT2D eigenvalue weighted by atomic mass is 9.91. The van der Waals surface area contributed by atoms with E-state index in [0.717, 1.165) is 25.1 Å². The van der Waals surface area contributed by atoms with Crippen molar-refractivity contribution in [3.8, 4) is 0 Å². The van der Waals surface area contributed by atoms with Gasteiger partial charge in [0.1, 0.15) is 12.2 Å². The van der Waals surface area contributed by atoms with E-state index in [1.165, 1.54) is 11.1 Å². The normalized spacial score (nSPS) is 19.8. The quantitative estimate of drug-likeness (QED) is 0.885. The first-order valence-corrected chi connectivity index (χ1v) is 6.42. The molecule has 1 aromatic carbocycles. The van der Waals surface area contributed by atoms with E-state index in [4.69, 9.17) is 5.73 Å². The molecule has 4 nitrogen and oxygen atoms in total. The zero-order valence-electron chi connectivity index (χ0n) is 10.6. The number of fused-ring (bicyclic) bond motifs is 1. The van der Waals surface area contributed by atoms with Gasteiger partial charge in [-0.2, -0.15) is 5.10 Å². The lowest BCUT2D eigenvalue weighted by molar-refractivity contribution is 0.504. The number of nitrogens with zero attached hydrogens (tertiary/aromatic N) is 3. The van der Waals surface area contributed by atoms with Gasteiger partial charge in [0.05, 0.1) is 0 Å². The van der Waals surface area contributed by atoms with Crippen LogP contribution in [0.15, 0.2) is 30.6 Å². The second kappa shape index (κ2) is 4.53. The fourth-order valence-electron chi connectivity index (χ4n) is 2.89. The third-order valence-electron chi connectivity index (χ3n) is 3.92. The minimum absolute atomic E-state index is 0.122. The molecule has 1 aromatic heterocycles. The molecule has 0 bridgehead atoms. The fraction of sp³-hybridized carbons (Fsp3) is 0.429. The van der Waals surface area contributed by atoms with Crippen LogP contribution in [0.5, 0.6) is 0 Å². The zero-order valence-corrected chi connectivity index (χ0v) is 10.6. The van der Waals surface area contributed by atoms with Crippen molar-refractivity contribution in [2.75, 3.05) is 0 Å². The van der Waals surface area contributed by atoms with Crippen molar-refractivity contribution in [2.24, 2.45) is 12.8 Å². The van der Waals surface area contributed by atoms with Crippen LogP contribution in [-0.2, 0) is 19.9 Å². The molecule has 2 atom stereocenters. The predicted octanol–water partition coefficient (Wildman–Crippen LogP) is 1.41. The maximum Gasteiger partial charge on any atom is 0.138 e. The minimum Gasteiger partial charge on any atom is -0.327 e. The van der Waals surface area contributed by atoms with E-state index in [2.05, 4.69) is 34.3 Å². The Labute approximate surface area is 107 Å². The van der Waals surface area contributed by atoms with Crippen LogP contribution in [0.4, 0.5) is 0 Å². The molecule has 0 saturated heterocycles. The number of rotatable bonds is 3. The van der Waals surface area contributed by atoms with Gasteiger partial charge in [-0.05, 0) is 24.0 Å². The van der Waals surface area contributed by atoms with Crippen LogP contribution in [0.1, 0.15) is 29.3 Å². The van der Waals surface area contributed by atoms with Crippen molar-refractivity contribution in [1.82, 2.24) is 14.8 Å². The third kappa shape index (κ3) is 1.93. The Balaban J connectivity index is 1.79. The van der Waals surface area contributed by atoms with Gasteiger partial charge in [-0.15, -0.1) is 0 Å². The Morgan fingerprint density at radius 2 is 2.28 bits per heavy atom. The van der Waals surface area contributed by atoms with Crippen LogP contribution in [0.3, 0.4) is 0 Å². The summed E-state index contributed by atoms with van der Waals surface area (Å²) in [6.07, 6.45) is 4.67. The molecule has 0 spiro atoms. The predicted molar refractivity (Wildman–Crippen MR) is 70.2 cm³/mol. The van der Waals surface area contributed by atoms with E-state index in [1.54, 1.807) is 11.0 Å². The second-order valence-electron chi connectivity index (χ2n) is 5.01. The van der Waals surface area contributed by atoms with Crippen LogP contribution in [0.25, 0.3) is 0 Å². The van der Waals surface area contributed by atoms with Crippen molar-refractivity contribution in [3.05, 3.63) is 47.5 Å². The second-order valence-corrected chi connectivity index (χ2v) is 5.01. The molecule has 1 aliphatic rings. The summed E-state index contributed by atoms with van der Waals surface area (Å²) in [5, 5.41) is 4.09. The van der Waals surface area contributed by atoms with Gasteiger partial charge in [0.15, 0.2) is 0 Å². The summed E-state index contributed by atoms with van der Waals surface area (Å²) in [5.74, 6) is 1.42. The number of hydrogen-bond donors (Lipinski definition) is 1. The van der Waals surface area contributed by atoms with Crippen LogP contribution >= 0.6 is 0 Å². The summed E-state index contributed by atoms with van der Waals surface area (Å²) in [4.78, 5) is 4.25. The number of nitrogens with two attached hydrogens (primary N) is 1. The third-order valence-corrected chi connectivity index (χ3v) is 3.92. The van der Waals surface area contributed by atoms with E-state index < -0.39 is 0 Å². The number of hydrogen-bond acceptors (Lipinski definition) is 3. The Hall–Kier alpha value is -1.68. The summed E-state index contributed by atoms with van der Waals surface area (Å²) in [6.45, 7) is 0. The van der Waals surface area contributed by atoms with Gasteiger partial charge >= 0.3 is 0 Å². The van der Waals surface area contributed by atoms with E-state index >= 15 is 0 Å². The summed E-state index contributed by atoms with van der Waals surface area (Å²) >= 11 is 0. The highest BCUT2D eigenvalue weighted by Crippen LogP contribution is 2.35. The molecule has 0 fully saturated rings. The van der Waals surface area contributed by atoms with E-state index in [1.807, 2.05) is 7.05 Å². The molecule has 1 aliphatic carbocycles. The van der Waals surface area contributed by atoms with Gasteiger partial charge in [-0.25, -0.2) is 4.98 Å². The first-order valence-electron chi connectivity index (χ1n) is 6.42. The summed E-state index contributed by atoms with van der Waals surface area (Å²) in [5.41, 5.74) is 9.25. The maximum absolute atomic E-state index is 6.37. The highest BCUT2D eigenvalue weighted by molar-refractivity contribution is 5.36. The largest absolute Gasteiger partial charge is 0.327 e. The van der Waals surface area contributed by atoms with Gasteiger partial charge in [0.25, 0.3) is 0 Å². The average Bonchev–Trinajstić information content (AvgIpc) is 2.96. The number of aryl methyl sites for hydroxylation is 2. The Morgan fingerprint density at radius 3 is 3.06 bits per heavy atom. The SMILES string of the molecule is Cn1ncnc1CC(N)C1CCc2ccccc21. The lowest BCUT2D eigenvalue weighted by Crippen LogP contribution is -2.30. The molecule has 2 unspecified atom stereocenters. The Morgan fingerprint density at radius 1 is 1.44 bits per heavy atom. The molecule has 94 valence electrons. The first kappa shape index (κ1) is 11.4. The molecule has 0 aliphatic heterocycles. The molecule has 1 heterocycles. The van der Waals surface area contributed by atoms with Gasteiger partial charge in [-0.1, -0.05) is 24.3 Å². The molecule has 2 N–H and O–H groups in total. The lowest BCUT2D eigenvalue weighted by Gasteiger charge is -2.19. The van der Waals surface area contributed by atoms with Crippen LogP contribution in [0, 0.1) is 0 Å². The molecule has 0 saturated carbocycles. The minimum atomic E-state index is 0.122. The molecule has 0 amide bonds. The number of benzene rings is 1. The molecular weight excluding hydrogens is 224 g/mol. The molecule has 0 radical (unpaired) electrons. The Kier molecular flexibility index (Phi) is 2.88. The highest BCUT2D eigenvalue weighted by atomic mass is 15.3. The van der Waals surface area contributed by atoms with Crippen molar-refractivity contribution in [3.63, 3.8) is 0 Å². The van der Waals surface area contributed by atoms with Crippen LogP contribution in [0.2, 0.25) is 0 Å². The zero-order chi connectivity index (χ0) is 12.5.